The molecule has 2 aromatic heterocycles. The first-order valence-electron chi connectivity index (χ1n) is 9.73. The molecule has 2 aromatic rings. The average Bonchev–Trinajstić information content (AvgIpc) is 3.36. The molecule has 27 heavy (non-hydrogen) atoms. The molecule has 2 aliphatic heterocycles. The Morgan fingerprint density at radius 1 is 1.44 bits per heavy atom. The lowest BCUT2D eigenvalue weighted by Gasteiger charge is -2.36. The lowest BCUT2D eigenvalue weighted by Crippen LogP contribution is -2.48. The van der Waals surface area contributed by atoms with Gasteiger partial charge in [-0.25, -0.2) is 4.79 Å². The molecule has 146 valence electrons. The van der Waals surface area contributed by atoms with E-state index in [9.17, 15) is 4.79 Å². The number of urea groups is 1. The highest BCUT2D eigenvalue weighted by atomic mass is 32.1. The summed E-state index contributed by atoms with van der Waals surface area (Å²) in [4.78, 5) is 23.0. The summed E-state index contributed by atoms with van der Waals surface area (Å²) in [7, 11) is 1.93. The van der Waals surface area contributed by atoms with Crippen LogP contribution in [0.3, 0.4) is 0 Å². The zero-order chi connectivity index (χ0) is 18.8. The minimum absolute atomic E-state index is 0.135. The van der Waals surface area contributed by atoms with Crippen LogP contribution >= 0.6 is 11.3 Å². The molecule has 2 amide bonds. The standard InChI is InChI=1S/C19H27N5O2S/c1-13(20-2)10-17-21-18(26-22-17)15-4-3-7-23(12-15)19(25)24-8-5-16-14(11-24)6-9-27-16/h6,9,13,15,20H,3-5,7-8,10-12H2,1-2H3. The van der Waals surface area contributed by atoms with Crippen LogP contribution in [0.1, 0.15) is 47.8 Å². The van der Waals surface area contributed by atoms with E-state index >= 15 is 0 Å². The summed E-state index contributed by atoms with van der Waals surface area (Å²) in [6.45, 7) is 5.09. The largest absolute Gasteiger partial charge is 0.339 e. The van der Waals surface area contributed by atoms with Gasteiger partial charge in [0.05, 0.1) is 5.92 Å². The van der Waals surface area contributed by atoms with E-state index in [-0.39, 0.29) is 11.9 Å². The van der Waals surface area contributed by atoms with Crippen LogP contribution < -0.4 is 5.32 Å². The predicted octanol–water partition coefficient (Wildman–Crippen LogP) is 2.64. The van der Waals surface area contributed by atoms with E-state index in [1.807, 2.05) is 16.8 Å². The molecule has 7 nitrogen and oxygen atoms in total. The van der Waals surface area contributed by atoms with Gasteiger partial charge in [0.15, 0.2) is 5.82 Å². The number of piperidine rings is 1. The Morgan fingerprint density at radius 3 is 3.19 bits per heavy atom. The molecule has 4 heterocycles. The molecule has 4 rings (SSSR count). The number of likely N-dealkylation sites (tertiary alicyclic amines) is 1. The van der Waals surface area contributed by atoms with E-state index in [1.165, 1.54) is 10.4 Å². The Kier molecular flexibility index (Phi) is 5.45. The highest BCUT2D eigenvalue weighted by Crippen LogP contribution is 2.29. The van der Waals surface area contributed by atoms with Crippen LogP contribution in [0.5, 0.6) is 0 Å². The number of rotatable bonds is 4. The molecule has 2 atom stereocenters. The van der Waals surface area contributed by atoms with Crippen LogP contribution in [0.4, 0.5) is 4.79 Å². The fraction of sp³-hybridized carbons (Fsp3) is 0.632. The Balaban J connectivity index is 1.39. The van der Waals surface area contributed by atoms with Crippen molar-refractivity contribution in [3.8, 4) is 0 Å². The van der Waals surface area contributed by atoms with Gasteiger partial charge >= 0.3 is 6.03 Å². The van der Waals surface area contributed by atoms with Gasteiger partial charge in [-0.05, 0) is 50.2 Å². The first-order chi connectivity index (χ1) is 13.1. The molecule has 1 saturated heterocycles. The van der Waals surface area contributed by atoms with E-state index in [1.54, 1.807) is 11.3 Å². The normalized spacial score (nSPS) is 21.2. The molecular weight excluding hydrogens is 362 g/mol. The van der Waals surface area contributed by atoms with Gasteiger partial charge in [0.1, 0.15) is 0 Å². The van der Waals surface area contributed by atoms with Gasteiger partial charge in [0, 0.05) is 43.5 Å². The summed E-state index contributed by atoms with van der Waals surface area (Å²) in [5, 5.41) is 9.43. The topological polar surface area (TPSA) is 74.5 Å². The Morgan fingerprint density at radius 2 is 2.33 bits per heavy atom. The third-order valence-electron chi connectivity index (χ3n) is 5.58. The van der Waals surface area contributed by atoms with Gasteiger partial charge in [-0.1, -0.05) is 5.16 Å². The Labute approximate surface area is 163 Å². The Hall–Kier alpha value is -1.93. The van der Waals surface area contributed by atoms with Crippen molar-refractivity contribution >= 4 is 17.4 Å². The number of amides is 2. The zero-order valence-corrected chi connectivity index (χ0v) is 16.8. The van der Waals surface area contributed by atoms with E-state index in [0.29, 0.717) is 18.5 Å². The van der Waals surface area contributed by atoms with Crippen molar-refractivity contribution in [1.29, 1.82) is 0 Å². The third-order valence-corrected chi connectivity index (χ3v) is 6.61. The lowest BCUT2D eigenvalue weighted by molar-refractivity contribution is 0.129. The number of nitrogens with one attached hydrogen (secondary N) is 1. The maximum atomic E-state index is 13.0. The second-order valence-electron chi connectivity index (χ2n) is 7.55. The van der Waals surface area contributed by atoms with Gasteiger partial charge in [-0.15, -0.1) is 11.3 Å². The number of carbonyl (C=O) groups excluding carboxylic acids is 1. The van der Waals surface area contributed by atoms with Gasteiger partial charge in [-0.2, -0.15) is 4.98 Å². The van der Waals surface area contributed by atoms with Gasteiger partial charge < -0.3 is 19.6 Å². The number of carbonyl (C=O) groups is 1. The number of hydrogen-bond donors (Lipinski definition) is 1. The summed E-state index contributed by atoms with van der Waals surface area (Å²) in [6, 6.07) is 2.59. The minimum atomic E-state index is 0.135. The van der Waals surface area contributed by atoms with E-state index in [0.717, 1.165) is 51.1 Å². The van der Waals surface area contributed by atoms with Crippen LogP contribution in [-0.2, 0) is 19.4 Å². The first-order valence-corrected chi connectivity index (χ1v) is 10.6. The number of fused-ring (bicyclic) bond motifs is 1. The number of hydrogen-bond acceptors (Lipinski definition) is 6. The van der Waals surface area contributed by atoms with E-state index in [2.05, 4.69) is 33.8 Å². The monoisotopic (exact) mass is 389 g/mol. The highest BCUT2D eigenvalue weighted by molar-refractivity contribution is 7.10. The maximum absolute atomic E-state index is 13.0. The average molecular weight is 390 g/mol. The lowest BCUT2D eigenvalue weighted by atomic mass is 9.98. The van der Waals surface area contributed by atoms with Gasteiger partial charge in [0.25, 0.3) is 0 Å². The molecule has 2 aliphatic rings. The summed E-state index contributed by atoms with van der Waals surface area (Å²) < 4.78 is 5.52. The van der Waals surface area contributed by atoms with Gasteiger partial charge in [-0.3, -0.25) is 0 Å². The molecule has 0 aromatic carbocycles. The van der Waals surface area contributed by atoms with Crippen molar-refractivity contribution in [3.63, 3.8) is 0 Å². The van der Waals surface area contributed by atoms with E-state index in [4.69, 9.17) is 4.52 Å². The van der Waals surface area contributed by atoms with E-state index < -0.39 is 0 Å². The van der Waals surface area contributed by atoms with Crippen molar-refractivity contribution in [1.82, 2.24) is 25.3 Å². The summed E-state index contributed by atoms with van der Waals surface area (Å²) in [5.41, 5.74) is 1.30. The van der Waals surface area contributed by atoms with Crippen molar-refractivity contribution in [3.05, 3.63) is 33.6 Å². The SMILES string of the molecule is CNC(C)Cc1noc(C2CCCN(C(=O)N3CCc4sccc4C3)C2)n1. The minimum Gasteiger partial charge on any atom is -0.339 e. The van der Waals surface area contributed by atoms with Gasteiger partial charge in [0.2, 0.25) is 5.89 Å². The molecule has 1 fully saturated rings. The van der Waals surface area contributed by atoms with Crippen LogP contribution in [0.25, 0.3) is 0 Å². The second kappa shape index (κ2) is 7.98. The maximum Gasteiger partial charge on any atom is 0.320 e. The quantitative estimate of drug-likeness (QED) is 0.870. The van der Waals surface area contributed by atoms with Crippen LogP contribution in [0, 0.1) is 0 Å². The summed E-state index contributed by atoms with van der Waals surface area (Å²) in [6.07, 6.45) is 3.67. The van der Waals surface area contributed by atoms with Crippen molar-refractivity contribution in [2.75, 3.05) is 26.7 Å². The smallest absolute Gasteiger partial charge is 0.320 e. The summed E-state index contributed by atoms with van der Waals surface area (Å²) >= 11 is 1.80. The number of aromatic nitrogens is 2. The molecule has 0 bridgehead atoms. The van der Waals surface area contributed by atoms with Crippen LogP contribution in [-0.4, -0.2) is 58.7 Å². The number of likely N-dealkylation sites (N-methyl/N-ethyl adjacent to an activating group) is 1. The predicted molar refractivity (Wildman–Crippen MR) is 104 cm³/mol. The molecule has 1 N–H and O–H groups in total. The fourth-order valence-corrected chi connectivity index (χ4v) is 4.75. The van der Waals surface area contributed by atoms with Crippen LogP contribution in [0.2, 0.25) is 0 Å². The first kappa shape index (κ1) is 18.4. The molecule has 0 radical (unpaired) electrons. The fourth-order valence-electron chi connectivity index (χ4n) is 3.86. The summed E-state index contributed by atoms with van der Waals surface area (Å²) in [5.74, 6) is 1.54. The highest BCUT2D eigenvalue weighted by Gasteiger charge is 2.32. The number of thiophene rings is 1. The number of nitrogens with zero attached hydrogens (tertiary/aromatic N) is 4. The Bertz CT molecular complexity index is 789. The van der Waals surface area contributed by atoms with Crippen molar-refractivity contribution in [2.45, 2.75) is 51.1 Å². The molecule has 8 heteroatoms. The second-order valence-corrected chi connectivity index (χ2v) is 8.55. The zero-order valence-electron chi connectivity index (χ0n) is 16.0. The van der Waals surface area contributed by atoms with Crippen LogP contribution in [0.15, 0.2) is 16.0 Å². The molecule has 0 aliphatic carbocycles. The molecule has 0 saturated carbocycles. The molecular formula is C19H27N5O2S. The third kappa shape index (κ3) is 4.01. The van der Waals surface area contributed by atoms with Crippen molar-refractivity contribution in [2.24, 2.45) is 0 Å². The molecule has 0 spiro atoms. The van der Waals surface area contributed by atoms with Crippen molar-refractivity contribution < 1.29 is 9.32 Å². The molecule has 2 unspecified atom stereocenters.